The van der Waals surface area contributed by atoms with Crippen LogP contribution in [0.15, 0.2) is 29.6 Å². The van der Waals surface area contributed by atoms with Crippen LogP contribution in [0.5, 0.6) is 0 Å². The molecule has 1 aliphatic carbocycles. The van der Waals surface area contributed by atoms with Gasteiger partial charge in [-0.25, -0.2) is 13.8 Å². The number of alkyl halides is 5. The summed E-state index contributed by atoms with van der Waals surface area (Å²) in [4.78, 5) is 17.7. The molecule has 1 fully saturated rings. The number of hydrogen-bond acceptors (Lipinski definition) is 6. The molecule has 0 unspecified atom stereocenters. The maximum atomic E-state index is 13.9. The molecule has 1 aliphatic rings. The Balaban J connectivity index is 1.60. The third-order valence-electron chi connectivity index (χ3n) is 5.26. The average molecular weight is 472 g/mol. The number of amides is 1. The van der Waals surface area contributed by atoms with Crippen molar-refractivity contribution in [2.45, 2.75) is 37.3 Å². The van der Waals surface area contributed by atoms with E-state index in [-0.39, 0.29) is 18.0 Å². The molecule has 13 heteroatoms. The van der Waals surface area contributed by atoms with E-state index in [2.05, 4.69) is 25.7 Å². The molecule has 0 bridgehead atoms. The number of halogens is 5. The van der Waals surface area contributed by atoms with Crippen LogP contribution in [0, 0.1) is 5.92 Å². The van der Waals surface area contributed by atoms with E-state index in [1.54, 1.807) is 31.3 Å². The van der Waals surface area contributed by atoms with Crippen molar-refractivity contribution in [2.24, 2.45) is 13.0 Å². The molecular formula is C19H17F5N6OS. The topological polar surface area (TPSA) is 85.6 Å². The lowest BCUT2D eigenvalue weighted by Gasteiger charge is -2.23. The number of nitrogens with one attached hydrogen (secondary N) is 1. The lowest BCUT2D eigenvalue weighted by molar-refractivity contribution is -0.140. The van der Waals surface area contributed by atoms with Gasteiger partial charge in [-0.2, -0.15) is 18.0 Å². The second-order valence-electron chi connectivity index (χ2n) is 7.59. The smallest absolute Gasteiger partial charge is 0.301 e. The van der Waals surface area contributed by atoms with Gasteiger partial charge < -0.3 is 5.32 Å². The van der Waals surface area contributed by atoms with Gasteiger partial charge in [0.15, 0.2) is 10.8 Å². The first-order chi connectivity index (χ1) is 15.0. The van der Waals surface area contributed by atoms with Gasteiger partial charge in [-0.15, -0.1) is 21.5 Å². The maximum absolute atomic E-state index is 13.9. The van der Waals surface area contributed by atoms with Gasteiger partial charge in [-0.3, -0.25) is 4.79 Å². The molecule has 2 aromatic heterocycles. The normalized spacial score (nSPS) is 19.1. The van der Waals surface area contributed by atoms with Crippen LogP contribution < -0.4 is 5.32 Å². The van der Waals surface area contributed by atoms with E-state index in [4.69, 9.17) is 0 Å². The number of aryl methyl sites for hydroxylation is 1. The van der Waals surface area contributed by atoms with E-state index in [1.807, 2.05) is 0 Å². The number of tetrazole rings is 1. The first-order valence-corrected chi connectivity index (χ1v) is 10.5. The number of carbonyl (C=O) groups excluding carboxylic acids is 1. The molecule has 1 aromatic carbocycles. The van der Waals surface area contributed by atoms with Crippen molar-refractivity contribution in [3.05, 3.63) is 40.9 Å². The van der Waals surface area contributed by atoms with E-state index in [0.717, 1.165) is 5.38 Å². The van der Waals surface area contributed by atoms with Crippen molar-refractivity contribution in [1.29, 1.82) is 0 Å². The third-order valence-corrected chi connectivity index (χ3v) is 6.01. The van der Waals surface area contributed by atoms with Gasteiger partial charge in [0.1, 0.15) is 0 Å². The number of benzene rings is 1. The number of hydrogen-bond donors (Lipinski definition) is 1. The molecule has 0 spiro atoms. The van der Waals surface area contributed by atoms with Gasteiger partial charge in [0.05, 0.1) is 13.0 Å². The van der Waals surface area contributed by atoms with Crippen molar-refractivity contribution in [3.63, 3.8) is 0 Å². The molecule has 1 amide bonds. The molecule has 0 aliphatic heterocycles. The molecular weight excluding hydrogens is 455 g/mol. The maximum Gasteiger partial charge on any atom is 0.434 e. The fourth-order valence-corrected chi connectivity index (χ4v) is 4.51. The van der Waals surface area contributed by atoms with Crippen LogP contribution in [0.25, 0.3) is 11.4 Å². The minimum absolute atomic E-state index is 0.115. The van der Waals surface area contributed by atoms with Gasteiger partial charge in [-0.1, -0.05) is 24.3 Å². The molecule has 7 nitrogen and oxygen atoms in total. The molecule has 170 valence electrons. The molecule has 0 saturated heterocycles. The molecule has 4 rings (SSSR count). The number of nitrogens with zero attached hydrogens (tertiary/aromatic N) is 5. The zero-order chi connectivity index (χ0) is 23.1. The Labute approximate surface area is 182 Å². The van der Waals surface area contributed by atoms with E-state index >= 15 is 0 Å². The standard InChI is InChI=1S/C19H17F5N6OS/c1-30-28-15(27-29-30)11-4-2-10(3-5-11)14(12-6-7-18(20,21)8-12)16(31)26-17-25-13(9-32-17)19(22,23)24/h2-5,9,12,14H,6-8H2,1H3,(H,25,26,31)/t12-,14+/m0/s1. The SMILES string of the molecule is Cn1nnc(-c2ccc([C@@H](C(=O)Nc3nc(C(F)(F)F)cs3)[C@H]3CCC(F)(F)C3)cc2)n1. The summed E-state index contributed by atoms with van der Waals surface area (Å²) in [6.45, 7) is 0. The Morgan fingerprint density at radius 1 is 1.28 bits per heavy atom. The highest BCUT2D eigenvalue weighted by Crippen LogP contribution is 2.46. The Morgan fingerprint density at radius 3 is 2.53 bits per heavy atom. The predicted molar refractivity (Wildman–Crippen MR) is 105 cm³/mol. The van der Waals surface area contributed by atoms with Crippen molar-refractivity contribution >= 4 is 22.4 Å². The molecule has 2 heterocycles. The summed E-state index contributed by atoms with van der Waals surface area (Å²) in [6, 6.07) is 6.50. The summed E-state index contributed by atoms with van der Waals surface area (Å²) in [6.07, 6.45) is -5.36. The van der Waals surface area contributed by atoms with Gasteiger partial charge in [-0.05, 0) is 23.1 Å². The Hall–Kier alpha value is -2.96. The zero-order valence-electron chi connectivity index (χ0n) is 16.6. The Morgan fingerprint density at radius 2 is 2.00 bits per heavy atom. The number of anilines is 1. The van der Waals surface area contributed by atoms with Crippen molar-refractivity contribution in [3.8, 4) is 11.4 Å². The quantitative estimate of drug-likeness (QED) is 0.553. The second-order valence-corrected chi connectivity index (χ2v) is 8.44. The fourth-order valence-electron chi connectivity index (χ4n) is 3.79. The van der Waals surface area contributed by atoms with Crippen LogP contribution in [-0.4, -0.2) is 37.0 Å². The minimum Gasteiger partial charge on any atom is -0.301 e. The summed E-state index contributed by atoms with van der Waals surface area (Å²) in [7, 11) is 1.61. The van der Waals surface area contributed by atoms with E-state index in [1.165, 1.54) is 4.80 Å². The summed E-state index contributed by atoms with van der Waals surface area (Å²) in [5.41, 5.74) is -0.0412. The number of carbonyl (C=O) groups is 1. The Kier molecular flexibility index (Phi) is 5.69. The summed E-state index contributed by atoms with van der Waals surface area (Å²) >= 11 is 0.625. The lowest BCUT2D eigenvalue weighted by atomic mass is 9.83. The summed E-state index contributed by atoms with van der Waals surface area (Å²) < 4.78 is 66.2. The van der Waals surface area contributed by atoms with Crippen molar-refractivity contribution in [2.75, 3.05) is 5.32 Å². The molecule has 32 heavy (non-hydrogen) atoms. The van der Waals surface area contributed by atoms with E-state index in [0.29, 0.717) is 28.3 Å². The first kappa shape index (κ1) is 22.2. The minimum atomic E-state index is -4.64. The summed E-state index contributed by atoms with van der Waals surface area (Å²) in [5.74, 6) is -4.87. The van der Waals surface area contributed by atoms with Gasteiger partial charge in [0, 0.05) is 23.8 Å². The van der Waals surface area contributed by atoms with Crippen LogP contribution >= 0.6 is 11.3 Å². The Bertz CT molecular complexity index is 1110. The molecule has 1 saturated carbocycles. The lowest BCUT2D eigenvalue weighted by Crippen LogP contribution is -2.27. The van der Waals surface area contributed by atoms with Crippen LogP contribution in [0.4, 0.5) is 27.1 Å². The summed E-state index contributed by atoms with van der Waals surface area (Å²) in [5, 5.41) is 14.6. The van der Waals surface area contributed by atoms with Crippen LogP contribution in [0.2, 0.25) is 0 Å². The first-order valence-electron chi connectivity index (χ1n) is 9.57. The number of thiazole rings is 1. The van der Waals surface area contributed by atoms with Crippen LogP contribution in [0.3, 0.4) is 0 Å². The number of rotatable bonds is 5. The van der Waals surface area contributed by atoms with Crippen molar-refractivity contribution < 1.29 is 26.7 Å². The largest absolute Gasteiger partial charge is 0.434 e. The highest BCUT2D eigenvalue weighted by atomic mass is 32.1. The van der Waals surface area contributed by atoms with Crippen molar-refractivity contribution in [1.82, 2.24) is 25.2 Å². The zero-order valence-corrected chi connectivity index (χ0v) is 17.4. The molecule has 2 atom stereocenters. The second kappa shape index (κ2) is 8.19. The number of aromatic nitrogens is 5. The molecule has 3 aromatic rings. The predicted octanol–water partition coefficient (Wildman–Crippen LogP) is 4.51. The van der Waals surface area contributed by atoms with E-state index in [9.17, 15) is 26.7 Å². The van der Waals surface area contributed by atoms with E-state index < -0.39 is 42.0 Å². The molecule has 1 N–H and O–H groups in total. The van der Waals surface area contributed by atoms with Crippen LogP contribution in [0.1, 0.15) is 36.4 Å². The average Bonchev–Trinajstić information content (AvgIpc) is 3.43. The fraction of sp³-hybridized carbons (Fsp3) is 0.421. The van der Waals surface area contributed by atoms with Gasteiger partial charge in [0.25, 0.3) is 0 Å². The molecule has 0 radical (unpaired) electrons. The van der Waals surface area contributed by atoms with Gasteiger partial charge in [0.2, 0.25) is 17.7 Å². The monoisotopic (exact) mass is 472 g/mol. The highest BCUT2D eigenvalue weighted by molar-refractivity contribution is 7.13. The van der Waals surface area contributed by atoms with Crippen LogP contribution in [-0.2, 0) is 18.0 Å². The third kappa shape index (κ3) is 4.76. The van der Waals surface area contributed by atoms with Gasteiger partial charge >= 0.3 is 6.18 Å². The highest BCUT2D eigenvalue weighted by Gasteiger charge is 2.45.